The van der Waals surface area contributed by atoms with E-state index in [0.29, 0.717) is 15.2 Å². The Labute approximate surface area is 214 Å². The van der Waals surface area contributed by atoms with Crippen LogP contribution in [0.3, 0.4) is 0 Å². The fraction of sp³-hybridized carbons (Fsp3) is 0.0741. The third kappa shape index (κ3) is 6.08. The first-order chi connectivity index (χ1) is 16.3. The first-order valence-corrected chi connectivity index (χ1v) is 14.1. The minimum Gasteiger partial charge on any atom is -0.306 e. The standard InChI is InChI=1S/C27H23Cl2N2OPS/c1-19-13-14-20(2)23(15-19)26-18-34-27(30-26)31-33(32,16-24(28)21-9-5-3-6-10-21)17-25(29)22-11-7-4-8-12-22/h3-18H,1-2H3,(H,30,31,32)/b24-16+,25-17?. The molecule has 0 saturated carbocycles. The van der Waals surface area contributed by atoms with Gasteiger partial charge < -0.3 is 5.09 Å². The van der Waals surface area contributed by atoms with Crippen LogP contribution in [0.15, 0.2) is 95.9 Å². The van der Waals surface area contributed by atoms with Gasteiger partial charge in [0, 0.05) is 22.6 Å². The Kier molecular flexibility index (Phi) is 7.75. The molecule has 4 rings (SSSR count). The molecule has 1 N–H and O–H groups in total. The van der Waals surface area contributed by atoms with Crippen LogP contribution in [0.4, 0.5) is 5.13 Å². The fourth-order valence-corrected chi connectivity index (χ4v) is 7.23. The lowest BCUT2D eigenvalue weighted by atomic mass is 10.0. The predicted octanol–water partition coefficient (Wildman–Crippen LogP) is 9.59. The van der Waals surface area contributed by atoms with Crippen LogP contribution in [-0.2, 0) is 4.57 Å². The minimum absolute atomic E-state index is 0.372. The summed E-state index contributed by atoms with van der Waals surface area (Å²) in [5.74, 6) is 3.07. The van der Waals surface area contributed by atoms with E-state index in [4.69, 9.17) is 28.2 Å². The summed E-state index contributed by atoms with van der Waals surface area (Å²) in [5, 5.41) is 6.35. The van der Waals surface area contributed by atoms with Crippen molar-refractivity contribution in [1.82, 2.24) is 4.98 Å². The summed E-state index contributed by atoms with van der Waals surface area (Å²) < 4.78 is 14.2. The molecule has 1 heterocycles. The van der Waals surface area contributed by atoms with Crippen molar-refractivity contribution < 1.29 is 4.57 Å². The number of anilines is 1. The highest BCUT2D eigenvalue weighted by atomic mass is 35.5. The number of aryl methyl sites for hydroxylation is 2. The zero-order chi connectivity index (χ0) is 24.1. The van der Waals surface area contributed by atoms with Gasteiger partial charge in [0.25, 0.3) is 0 Å². The van der Waals surface area contributed by atoms with Crippen molar-refractivity contribution in [2.24, 2.45) is 0 Å². The molecule has 0 spiro atoms. The molecule has 0 saturated heterocycles. The summed E-state index contributed by atoms with van der Waals surface area (Å²) in [4.78, 5) is 4.72. The van der Waals surface area contributed by atoms with E-state index in [1.54, 1.807) is 0 Å². The summed E-state index contributed by atoms with van der Waals surface area (Å²) in [5.41, 5.74) is 5.70. The van der Waals surface area contributed by atoms with E-state index in [0.717, 1.165) is 33.5 Å². The number of halogens is 2. The molecule has 0 aliphatic rings. The third-order valence-corrected chi connectivity index (χ3v) is 8.87. The van der Waals surface area contributed by atoms with Crippen LogP contribution in [0.2, 0.25) is 0 Å². The van der Waals surface area contributed by atoms with E-state index in [1.807, 2.05) is 66.0 Å². The Morgan fingerprint density at radius 2 is 1.44 bits per heavy atom. The smallest absolute Gasteiger partial charge is 0.217 e. The minimum atomic E-state index is -3.37. The molecule has 172 valence electrons. The van der Waals surface area contributed by atoms with Gasteiger partial charge >= 0.3 is 0 Å². The van der Waals surface area contributed by atoms with Crippen molar-refractivity contribution in [3.8, 4) is 11.3 Å². The van der Waals surface area contributed by atoms with Crippen LogP contribution in [0.25, 0.3) is 21.3 Å². The summed E-state index contributed by atoms with van der Waals surface area (Å²) >= 11 is 14.6. The molecule has 3 aromatic carbocycles. The Morgan fingerprint density at radius 1 is 0.882 bits per heavy atom. The second-order valence-electron chi connectivity index (χ2n) is 7.86. The van der Waals surface area contributed by atoms with Gasteiger partial charge in [-0.3, -0.25) is 4.57 Å². The number of nitrogens with one attached hydrogen (secondary N) is 1. The topological polar surface area (TPSA) is 42.0 Å². The Bertz CT molecular complexity index is 1340. The molecule has 3 nitrogen and oxygen atoms in total. The van der Waals surface area contributed by atoms with Crippen molar-refractivity contribution >= 4 is 57.0 Å². The van der Waals surface area contributed by atoms with Crippen LogP contribution >= 0.6 is 41.8 Å². The highest BCUT2D eigenvalue weighted by Gasteiger charge is 2.21. The average Bonchev–Trinajstić information content (AvgIpc) is 3.29. The van der Waals surface area contributed by atoms with Crippen LogP contribution in [-0.4, -0.2) is 4.98 Å². The Morgan fingerprint density at radius 3 is 2.00 bits per heavy atom. The molecule has 1 atom stereocenters. The quantitative estimate of drug-likeness (QED) is 0.244. The summed E-state index contributed by atoms with van der Waals surface area (Å²) in [7, 11) is -3.37. The van der Waals surface area contributed by atoms with E-state index in [1.165, 1.54) is 23.0 Å². The highest BCUT2D eigenvalue weighted by Crippen LogP contribution is 2.54. The largest absolute Gasteiger partial charge is 0.306 e. The molecule has 1 aromatic heterocycles. The third-order valence-electron chi connectivity index (χ3n) is 5.15. The first kappa shape index (κ1) is 24.5. The van der Waals surface area contributed by atoms with Crippen molar-refractivity contribution in [3.63, 3.8) is 0 Å². The number of aromatic nitrogens is 1. The monoisotopic (exact) mass is 524 g/mol. The molecular formula is C27H23Cl2N2OPS. The van der Waals surface area contributed by atoms with Gasteiger partial charge in [0.2, 0.25) is 7.29 Å². The molecule has 7 heteroatoms. The summed E-state index contributed by atoms with van der Waals surface area (Å²) in [6, 6.07) is 25.1. The van der Waals surface area contributed by atoms with Gasteiger partial charge in [-0.25, -0.2) is 4.98 Å². The van der Waals surface area contributed by atoms with Gasteiger partial charge in [0.1, 0.15) is 0 Å². The van der Waals surface area contributed by atoms with E-state index < -0.39 is 7.29 Å². The van der Waals surface area contributed by atoms with Gasteiger partial charge in [-0.05, 0) is 36.6 Å². The van der Waals surface area contributed by atoms with E-state index in [-0.39, 0.29) is 0 Å². The molecule has 34 heavy (non-hydrogen) atoms. The lowest BCUT2D eigenvalue weighted by Crippen LogP contribution is -1.94. The lowest BCUT2D eigenvalue weighted by molar-refractivity contribution is 0.589. The number of rotatable bonds is 7. The molecule has 0 radical (unpaired) electrons. The molecule has 0 aliphatic carbocycles. The van der Waals surface area contributed by atoms with Gasteiger partial charge in [-0.15, -0.1) is 11.3 Å². The zero-order valence-corrected chi connectivity index (χ0v) is 21.9. The van der Waals surface area contributed by atoms with Crippen molar-refractivity contribution in [2.45, 2.75) is 13.8 Å². The number of thiazole rings is 1. The number of nitrogens with zero attached hydrogens (tertiary/aromatic N) is 1. The maximum Gasteiger partial charge on any atom is 0.217 e. The molecule has 0 aliphatic heterocycles. The molecular weight excluding hydrogens is 502 g/mol. The Hall–Kier alpha value is -2.62. The molecule has 0 bridgehead atoms. The van der Waals surface area contributed by atoms with Gasteiger partial charge in [-0.1, -0.05) is 102 Å². The highest BCUT2D eigenvalue weighted by molar-refractivity contribution is 7.72. The van der Waals surface area contributed by atoms with Gasteiger partial charge in [0.05, 0.1) is 15.8 Å². The van der Waals surface area contributed by atoms with Crippen LogP contribution in [0, 0.1) is 13.8 Å². The number of hydrogen-bond acceptors (Lipinski definition) is 3. The van der Waals surface area contributed by atoms with Crippen molar-refractivity contribution in [3.05, 3.63) is 118 Å². The zero-order valence-electron chi connectivity index (χ0n) is 18.7. The normalized spacial score (nSPS) is 14.0. The van der Waals surface area contributed by atoms with E-state index in [2.05, 4.69) is 37.1 Å². The SMILES string of the molecule is Cc1ccc(C)c(-c2csc(NP(=O)(C=C(Cl)c3ccccc3)/C=C(/Cl)c3ccccc3)n2)c1. The van der Waals surface area contributed by atoms with Gasteiger partial charge in [-0.2, -0.15) is 0 Å². The molecule has 4 aromatic rings. The average molecular weight is 525 g/mol. The first-order valence-electron chi connectivity index (χ1n) is 10.6. The summed E-state index contributed by atoms with van der Waals surface area (Å²) in [6.07, 6.45) is 0. The number of benzene rings is 3. The maximum absolute atomic E-state index is 14.2. The van der Waals surface area contributed by atoms with Gasteiger partial charge in [0.15, 0.2) is 5.13 Å². The second kappa shape index (κ2) is 10.8. The van der Waals surface area contributed by atoms with E-state index in [9.17, 15) is 4.57 Å². The second-order valence-corrected chi connectivity index (χ2v) is 11.7. The molecule has 0 amide bonds. The molecule has 0 fully saturated rings. The van der Waals surface area contributed by atoms with Crippen LogP contribution in [0.5, 0.6) is 0 Å². The Balaban J connectivity index is 1.72. The lowest BCUT2D eigenvalue weighted by Gasteiger charge is -2.14. The predicted molar refractivity (Wildman–Crippen MR) is 149 cm³/mol. The fourth-order valence-electron chi connectivity index (χ4n) is 3.39. The van der Waals surface area contributed by atoms with Crippen LogP contribution < -0.4 is 5.09 Å². The molecule has 1 unspecified atom stereocenters. The van der Waals surface area contributed by atoms with Crippen molar-refractivity contribution in [2.75, 3.05) is 5.09 Å². The van der Waals surface area contributed by atoms with Crippen molar-refractivity contribution in [1.29, 1.82) is 0 Å². The van der Waals surface area contributed by atoms with E-state index >= 15 is 0 Å². The summed E-state index contributed by atoms with van der Waals surface area (Å²) in [6.45, 7) is 4.10. The maximum atomic E-state index is 14.2. The van der Waals surface area contributed by atoms with Crippen LogP contribution in [0.1, 0.15) is 22.3 Å². The number of hydrogen-bond donors (Lipinski definition) is 1.